The molecule has 29 heavy (non-hydrogen) atoms. The molecule has 0 spiro atoms. The molecular weight excluding hydrogens is 488 g/mol. The second-order valence-corrected chi connectivity index (χ2v) is 21.6. The fourth-order valence-electron chi connectivity index (χ4n) is 3.54. The summed E-state index contributed by atoms with van der Waals surface area (Å²) in [7, 11) is 12.0. The molecule has 0 N–H and O–H groups in total. The molecular formula is C19H24BCl2F3GeO3. The Hall–Kier alpha value is -0.182. The van der Waals surface area contributed by atoms with Gasteiger partial charge in [-0.2, -0.15) is 0 Å². The van der Waals surface area contributed by atoms with Gasteiger partial charge in [0.1, 0.15) is 0 Å². The van der Waals surface area contributed by atoms with Crippen molar-refractivity contribution in [3.8, 4) is 0 Å². The van der Waals surface area contributed by atoms with E-state index in [1.165, 1.54) is 12.1 Å². The van der Waals surface area contributed by atoms with Gasteiger partial charge in [0.15, 0.2) is 0 Å². The third-order valence-corrected chi connectivity index (χ3v) is 12.6. The van der Waals surface area contributed by atoms with Crippen molar-refractivity contribution >= 4 is 38.7 Å². The maximum absolute atomic E-state index is 13.0. The Morgan fingerprint density at radius 1 is 1.03 bits per heavy atom. The quantitative estimate of drug-likeness (QED) is 0.439. The molecule has 0 aliphatic carbocycles. The minimum absolute atomic E-state index is 0.515. The zero-order valence-electron chi connectivity index (χ0n) is 16.9. The van der Waals surface area contributed by atoms with Crippen LogP contribution in [0.2, 0.25) is 5.25 Å². The molecule has 3 rings (SSSR count). The molecule has 10 heteroatoms. The van der Waals surface area contributed by atoms with Crippen LogP contribution >= 0.6 is 20.0 Å². The van der Waals surface area contributed by atoms with E-state index in [2.05, 4.69) is 0 Å². The third-order valence-electron chi connectivity index (χ3n) is 5.94. The molecule has 0 bridgehead atoms. The summed E-state index contributed by atoms with van der Waals surface area (Å²) in [5.41, 5.74) is -1.94. The third kappa shape index (κ3) is 4.85. The van der Waals surface area contributed by atoms with E-state index in [9.17, 15) is 13.2 Å². The molecule has 2 aliphatic heterocycles. The molecule has 1 fully saturated rings. The number of benzene rings is 1. The Morgan fingerprint density at radius 2 is 1.55 bits per heavy atom. The molecule has 1 saturated heterocycles. The molecule has 0 saturated carbocycles. The first-order valence-electron chi connectivity index (χ1n) is 9.31. The van der Waals surface area contributed by atoms with Crippen molar-refractivity contribution in [2.24, 2.45) is 5.41 Å². The Kier molecular flexibility index (Phi) is 6.03. The van der Waals surface area contributed by atoms with Gasteiger partial charge in [-0.3, -0.25) is 0 Å². The summed E-state index contributed by atoms with van der Waals surface area (Å²) in [6.07, 6.45) is -3.13. The van der Waals surface area contributed by atoms with Gasteiger partial charge in [-0.1, -0.05) is 0 Å². The number of halogens is 5. The average molecular weight is 512 g/mol. The van der Waals surface area contributed by atoms with E-state index in [0.717, 1.165) is 12.1 Å². The monoisotopic (exact) mass is 512 g/mol. The van der Waals surface area contributed by atoms with E-state index in [1.54, 1.807) is 0 Å². The van der Waals surface area contributed by atoms with E-state index in [-0.39, 0.29) is 0 Å². The number of alkyl halides is 3. The molecule has 1 aromatic carbocycles. The molecule has 1 aromatic rings. The van der Waals surface area contributed by atoms with E-state index >= 15 is 0 Å². The second-order valence-electron chi connectivity index (χ2n) is 8.96. The summed E-state index contributed by atoms with van der Waals surface area (Å²) >= 11 is -3.13. The van der Waals surface area contributed by atoms with Gasteiger partial charge in [0.25, 0.3) is 0 Å². The Balaban J connectivity index is 1.93. The van der Waals surface area contributed by atoms with Gasteiger partial charge >= 0.3 is 181 Å². The molecule has 2 aliphatic rings. The van der Waals surface area contributed by atoms with Crippen LogP contribution in [0.1, 0.15) is 51.8 Å². The van der Waals surface area contributed by atoms with E-state index in [1.807, 2.05) is 45.6 Å². The predicted octanol–water partition coefficient (Wildman–Crippen LogP) is 6.39. The van der Waals surface area contributed by atoms with Crippen molar-refractivity contribution in [1.29, 1.82) is 0 Å². The average Bonchev–Trinajstić information content (AvgIpc) is 2.95. The summed E-state index contributed by atoms with van der Waals surface area (Å²) in [6, 6.07) is 4.95. The zero-order chi connectivity index (χ0) is 21.9. The van der Waals surface area contributed by atoms with Gasteiger partial charge in [0.2, 0.25) is 0 Å². The minimum atomic E-state index is -4.41. The molecule has 3 nitrogen and oxygen atoms in total. The van der Waals surface area contributed by atoms with Gasteiger partial charge in [-0.15, -0.1) is 0 Å². The zero-order valence-corrected chi connectivity index (χ0v) is 20.6. The van der Waals surface area contributed by atoms with Gasteiger partial charge < -0.3 is 0 Å². The first-order chi connectivity index (χ1) is 13.0. The molecule has 160 valence electrons. The summed E-state index contributed by atoms with van der Waals surface area (Å²) in [5.74, 6) is 0. The van der Waals surface area contributed by atoms with Crippen LogP contribution in [0, 0.1) is 5.41 Å². The van der Waals surface area contributed by atoms with Crippen molar-refractivity contribution < 1.29 is 27.1 Å². The van der Waals surface area contributed by atoms with Gasteiger partial charge in [-0.05, 0) is 0 Å². The molecule has 0 aromatic heterocycles. The summed E-state index contributed by atoms with van der Waals surface area (Å²) in [5, 5.41) is 0.515. The van der Waals surface area contributed by atoms with Crippen LogP contribution in [0.3, 0.4) is 0 Å². The van der Waals surface area contributed by atoms with E-state index in [4.69, 9.17) is 34.0 Å². The van der Waals surface area contributed by atoms with Gasteiger partial charge in [0, 0.05) is 0 Å². The van der Waals surface area contributed by atoms with Gasteiger partial charge in [0.05, 0.1) is 0 Å². The van der Waals surface area contributed by atoms with Crippen LogP contribution in [-0.4, -0.2) is 29.9 Å². The van der Waals surface area contributed by atoms with Crippen LogP contribution in [0.4, 0.5) is 13.2 Å². The molecule has 0 amide bonds. The topological polar surface area (TPSA) is 27.7 Å². The first kappa shape index (κ1) is 23.5. The SMILES string of the molecule is CC1(C)OB(O[C@H](c2ccc(C(F)(F)F)cc2)[C@@]2(C)C=[CH][Ge]([Cl])([Cl])[CH2]2)OC1(C)C. The number of hydrogen-bond donors (Lipinski definition) is 0. The normalized spacial score (nSPS) is 28.7. The van der Waals surface area contributed by atoms with Crippen molar-refractivity contribution in [3.63, 3.8) is 0 Å². The molecule has 2 atom stereocenters. The van der Waals surface area contributed by atoms with Gasteiger partial charge in [-0.25, -0.2) is 0 Å². The molecule has 0 unspecified atom stereocenters. The van der Waals surface area contributed by atoms with Crippen LogP contribution < -0.4 is 0 Å². The second kappa shape index (κ2) is 7.45. The standard InChI is InChI=1S/C19H24BCl2F3GeO3/c1-16(2)17(3,4)29-20(28-16)27-15(18(5)10-11-26(21,22)12-18)13-6-8-14(9-7-13)19(23,24)25/h6-11,15H,12H2,1-5H3/t15-,18+/m1/s1. The van der Waals surface area contributed by atoms with Crippen LogP contribution in [-0.2, 0) is 20.1 Å². The first-order valence-corrected chi connectivity index (χ1v) is 17.5. The van der Waals surface area contributed by atoms with Crippen LogP contribution in [0.25, 0.3) is 0 Å². The molecule has 0 radical (unpaired) electrons. The van der Waals surface area contributed by atoms with Crippen molar-refractivity contribution in [1.82, 2.24) is 0 Å². The summed E-state index contributed by atoms with van der Waals surface area (Å²) in [4.78, 5) is 1.85. The number of rotatable bonds is 4. The van der Waals surface area contributed by atoms with Crippen molar-refractivity contribution in [2.45, 2.75) is 63.4 Å². The maximum atomic E-state index is 13.0. The van der Waals surface area contributed by atoms with Crippen molar-refractivity contribution in [2.75, 3.05) is 0 Å². The summed E-state index contributed by atoms with van der Waals surface area (Å²) in [6.45, 7) is 9.54. The Morgan fingerprint density at radius 3 is 1.97 bits per heavy atom. The van der Waals surface area contributed by atoms with Crippen molar-refractivity contribution in [3.05, 3.63) is 46.4 Å². The van der Waals surface area contributed by atoms with Crippen LogP contribution in [0.15, 0.2) is 35.3 Å². The fourth-order valence-corrected chi connectivity index (χ4v) is 11.5. The van der Waals surface area contributed by atoms with E-state index in [0.29, 0.717) is 10.8 Å². The number of hydrogen-bond acceptors (Lipinski definition) is 3. The summed E-state index contributed by atoms with van der Waals surface area (Å²) < 4.78 is 57.1. The predicted molar refractivity (Wildman–Crippen MR) is 111 cm³/mol. The van der Waals surface area contributed by atoms with Crippen LogP contribution in [0.5, 0.6) is 0 Å². The molecule has 2 heterocycles. The Labute approximate surface area is 180 Å². The van der Waals surface area contributed by atoms with E-state index < -0.39 is 53.2 Å². The Bertz CT molecular complexity index is 783. The fraction of sp³-hybridized carbons (Fsp3) is 0.579.